The molecule has 0 saturated carbocycles. The van der Waals surface area contributed by atoms with Crippen LogP contribution in [-0.2, 0) is 9.84 Å². The average molecular weight is 330 g/mol. The van der Waals surface area contributed by atoms with Gasteiger partial charge in [-0.3, -0.25) is 0 Å². The molecule has 0 aliphatic heterocycles. The van der Waals surface area contributed by atoms with Gasteiger partial charge in [0.1, 0.15) is 11.6 Å². The maximum absolute atomic E-state index is 12.9. The smallest absolute Gasteiger partial charge is 0.206 e. The Labute approximate surface area is 133 Å². The summed E-state index contributed by atoms with van der Waals surface area (Å²) in [5.74, 6) is -0.820. The summed E-state index contributed by atoms with van der Waals surface area (Å²) in [5.41, 5.74) is 1.57. The Hall–Kier alpha value is -2.53. The Morgan fingerprint density at radius 3 is 1.26 bits per heavy atom. The number of hydrogen-bond acceptors (Lipinski definition) is 2. The highest BCUT2D eigenvalue weighted by molar-refractivity contribution is 7.91. The van der Waals surface area contributed by atoms with Crippen molar-refractivity contribution in [3.8, 4) is 11.1 Å². The molecule has 0 spiro atoms. The van der Waals surface area contributed by atoms with E-state index in [4.69, 9.17) is 0 Å². The lowest BCUT2D eigenvalue weighted by atomic mass is 10.1. The Balaban J connectivity index is 1.95. The average Bonchev–Trinajstić information content (AvgIpc) is 2.56. The predicted molar refractivity (Wildman–Crippen MR) is 83.7 cm³/mol. The molecule has 0 bridgehead atoms. The molecule has 3 aromatic carbocycles. The van der Waals surface area contributed by atoms with Crippen molar-refractivity contribution in [2.75, 3.05) is 0 Å². The van der Waals surface area contributed by atoms with E-state index in [0.29, 0.717) is 0 Å². The molecule has 0 N–H and O–H groups in total. The SMILES string of the molecule is O=S(=O)(c1ccc(F)cc1)c1ccc(-c2ccc(F)cc2)cc1. The lowest BCUT2D eigenvalue weighted by Gasteiger charge is -2.06. The van der Waals surface area contributed by atoms with Gasteiger partial charge in [-0.1, -0.05) is 24.3 Å². The molecule has 0 aromatic heterocycles. The van der Waals surface area contributed by atoms with E-state index in [2.05, 4.69) is 0 Å². The minimum absolute atomic E-state index is 0.0356. The molecule has 0 atom stereocenters. The van der Waals surface area contributed by atoms with Crippen LogP contribution in [0.3, 0.4) is 0 Å². The summed E-state index contributed by atoms with van der Waals surface area (Å²) in [5, 5.41) is 0. The first kappa shape index (κ1) is 15.4. The fourth-order valence-corrected chi connectivity index (χ4v) is 3.48. The highest BCUT2D eigenvalue weighted by Crippen LogP contribution is 2.25. The monoisotopic (exact) mass is 330 g/mol. The third-order valence-corrected chi connectivity index (χ3v) is 5.25. The molecule has 0 amide bonds. The van der Waals surface area contributed by atoms with E-state index in [0.717, 1.165) is 23.3 Å². The summed E-state index contributed by atoms with van der Waals surface area (Å²) in [4.78, 5) is 0.156. The lowest BCUT2D eigenvalue weighted by molar-refractivity contribution is 0.595. The molecular weight excluding hydrogens is 318 g/mol. The molecule has 3 rings (SSSR count). The molecule has 116 valence electrons. The molecule has 0 saturated heterocycles. The number of rotatable bonds is 3. The third-order valence-electron chi connectivity index (χ3n) is 3.47. The highest BCUT2D eigenvalue weighted by atomic mass is 32.2. The first-order valence-corrected chi connectivity index (χ1v) is 8.32. The van der Waals surface area contributed by atoms with Gasteiger partial charge in [-0.25, -0.2) is 17.2 Å². The quantitative estimate of drug-likeness (QED) is 0.664. The van der Waals surface area contributed by atoms with Crippen LogP contribution in [0.4, 0.5) is 8.78 Å². The van der Waals surface area contributed by atoms with Gasteiger partial charge in [0.2, 0.25) is 9.84 Å². The van der Waals surface area contributed by atoms with Crippen LogP contribution in [0.5, 0.6) is 0 Å². The Bertz CT molecular complexity index is 914. The lowest BCUT2D eigenvalue weighted by Crippen LogP contribution is -2.01. The largest absolute Gasteiger partial charge is 0.219 e. The number of benzene rings is 3. The number of hydrogen-bond donors (Lipinski definition) is 0. The van der Waals surface area contributed by atoms with Crippen molar-refractivity contribution in [1.29, 1.82) is 0 Å². The zero-order chi connectivity index (χ0) is 16.4. The van der Waals surface area contributed by atoms with Crippen LogP contribution < -0.4 is 0 Å². The zero-order valence-electron chi connectivity index (χ0n) is 11.9. The van der Waals surface area contributed by atoms with Crippen LogP contribution in [0, 0.1) is 11.6 Å². The zero-order valence-corrected chi connectivity index (χ0v) is 12.7. The van der Waals surface area contributed by atoms with Gasteiger partial charge in [0.05, 0.1) is 9.79 Å². The first-order valence-electron chi connectivity index (χ1n) is 6.83. The van der Waals surface area contributed by atoms with E-state index in [1.54, 1.807) is 24.3 Å². The number of sulfone groups is 1. The summed E-state index contributed by atoms with van der Waals surface area (Å²) in [6, 6.07) is 16.9. The van der Waals surface area contributed by atoms with Gasteiger partial charge in [-0.05, 0) is 59.7 Å². The fourth-order valence-electron chi connectivity index (χ4n) is 2.22. The molecule has 0 radical (unpaired) electrons. The second-order valence-corrected chi connectivity index (χ2v) is 6.94. The van der Waals surface area contributed by atoms with Gasteiger partial charge in [0.25, 0.3) is 0 Å². The maximum atomic E-state index is 12.9. The Morgan fingerprint density at radius 1 is 0.522 bits per heavy atom. The van der Waals surface area contributed by atoms with Crippen molar-refractivity contribution in [1.82, 2.24) is 0 Å². The fraction of sp³-hybridized carbons (Fsp3) is 0. The summed E-state index contributed by atoms with van der Waals surface area (Å²) in [6.07, 6.45) is 0. The van der Waals surface area contributed by atoms with Crippen molar-refractivity contribution in [3.63, 3.8) is 0 Å². The summed E-state index contributed by atoms with van der Waals surface area (Å²) < 4.78 is 50.8. The van der Waals surface area contributed by atoms with Crippen molar-refractivity contribution in [2.45, 2.75) is 9.79 Å². The Kier molecular flexibility index (Phi) is 3.96. The third kappa shape index (κ3) is 3.14. The van der Waals surface area contributed by atoms with Crippen LogP contribution in [0.15, 0.2) is 82.6 Å². The van der Waals surface area contributed by atoms with E-state index >= 15 is 0 Å². The molecule has 23 heavy (non-hydrogen) atoms. The van der Waals surface area contributed by atoms with Gasteiger partial charge >= 0.3 is 0 Å². The maximum Gasteiger partial charge on any atom is 0.206 e. The summed E-state index contributed by atoms with van der Waals surface area (Å²) in [6.45, 7) is 0. The highest BCUT2D eigenvalue weighted by Gasteiger charge is 2.17. The molecule has 5 heteroatoms. The summed E-state index contributed by atoms with van der Waals surface area (Å²) >= 11 is 0. The molecule has 0 heterocycles. The van der Waals surface area contributed by atoms with Crippen LogP contribution in [-0.4, -0.2) is 8.42 Å². The molecule has 0 unspecified atom stereocenters. The van der Waals surface area contributed by atoms with E-state index < -0.39 is 15.7 Å². The van der Waals surface area contributed by atoms with Crippen LogP contribution >= 0.6 is 0 Å². The normalized spacial score (nSPS) is 11.4. The van der Waals surface area contributed by atoms with Crippen LogP contribution in [0.2, 0.25) is 0 Å². The van der Waals surface area contributed by atoms with Crippen molar-refractivity contribution >= 4 is 9.84 Å². The topological polar surface area (TPSA) is 34.1 Å². The van der Waals surface area contributed by atoms with Crippen LogP contribution in [0.25, 0.3) is 11.1 Å². The van der Waals surface area contributed by atoms with Crippen molar-refractivity contribution < 1.29 is 17.2 Å². The van der Waals surface area contributed by atoms with E-state index in [-0.39, 0.29) is 15.6 Å². The first-order chi connectivity index (χ1) is 11.0. The van der Waals surface area contributed by atoms with Gasteiger partial charge in [0, 0.05) is 0 Å². The van der Waals surface area contributed by atoms with Crippen LogP contribution in [0.1, 0.15) is 0 Å². The van der Waals surface area contributed by atoms with Crippen molar-refractivity contribution in [3.05, 3.63) is 84.4 Å². The Morgan fingerprint density at radius 2 is 0.826 bits per heavy atom. The molecule has 0 fully saturated rings. The molecular formula is C18H12F2O2S. The number of halogens is 2. The van der Waals surface area contributed by atoms with Crippen molar-refractivity contribution in [2.24, 2.45) is 0 Å². The van der Waals surface area contributed by atoms with E-state index in [1.165, 1.54) is 36.4 Å². The second-order valence-electron chi connectivity index (χ2n) is 4.99. The molecule has 2 nitrogen and oxygen atoms in total. The van der Waals surface area contributed by atoms with E-state index in [9.17, 15) is 17.2 Å². The minimum Gasteiger partial charge on any atom is -0.219 e. The van der Waals surface area contributed by atoms with Gasteiger partial charge in [-0.2, -0.15) is 0 Å². The molecule has 3 aromatic rings. The van der Waals surface area contributed by atoms with Gasteiger partial charge in [-0.15, -0.1) is 0 Å². The van der Waals surface area contributed by atoms with Gasteiger partial charge < -0.3 is 0 Å². The standard InChI is InChI=1S/C18H12F2O2S/c19-15-5-1-13(2-6-15)14-3-9-17(10-4-14)23(21,22)18-11-7-16(20)8-12-18/h1-12H. The van der Waals surface area contributed by atoms with E-state index in [1.807, 2.05) is 0 Å². The van der Waals surface area contributed by atoms with Gasteiger partial charge in [0.15, 0.2) is 0 Å². The predicted octanol–water partition coefficient (Wildman–Crippen LogP) is 4.46. The summed E-state index contributed by atoms with van der Waals surface area (Å²) in [7, 11) is -3.69. The second kappa shape index (κ2) is 5.93. The molecule has 0 aliphatic carbocycles. The molecule has 0 aliphatic rings. The minimum atomic E-state index is -3.69.